The van der Waals surface area contributed by atoms with Crippen molar-refractivity contribution in [1.29, 1.82) is 0 Å². The van der Waals surface area contributed by atoms with E-state index in [1.165, 1.54) is 12.1 Å². The standard InChI is InChI=1S/C18H17F3N2O7S2/c1-31(26,27)10-13-9-23(15-8-12(22-17(24)25)5-6-16(15)30-13)32(28,29)14-4-2-3-11(7-14)18(19,20)21/h2-8,13,22H,9-10H2,1H3,(H,24,25). The van der Waals surface area contributed by atoms with Gasteiger partial charge in [-0.3, -0.25) is 9.62 Å². The summed E-state index contributed by atoms with van der Waals surface area (Å²) in [4.78, 5) is 10.3. The quantitative estimate of drug-likeness (QED) is 0.654. The number of benzene rings is 2. The van der Waals surface area contributed by atoms with Crippen molar-refractivity contribution < 1.29 is 44.6 Å². The van der Waals surface area contributed by atoms with E-state index < -0.39 is 61.0 Å². The van der Waals surface area contributed by atoms with Gasteiger partial charge in [0.25, 0.3) is 10.0 Å². The molecule has 3 rings (SSSR count). The minimum absolute atomic E-state index is 0.0225. The van der Waals surface area contributed by atoms with Crippen molar-refractivity contribution in [1.82, 2.24) is 0 Å². The molecular formula is C18H17F3N2O7S2. The highest BCUT2D eigenvalue weighted by atomic mass is 32.2. The fourth-order valence-electron chi connectivity index (χ4n) is 3.13. The monoisotopic (exact) mass is 494 g/mol. The van der Waals surface area contributed by atoms with Gasteiger partial charge in [0.2, 0.25) is 0 Å². The van der Waals surface area contributed by atoms with Crippen molar-refractivity contribution in [3.8, 4) is 5.75 Å². The van der Waals surface area contributed by atoms with E-state index in [1.54, 1.807) is 0 Å². The molecule has 174 valence electrons. The van der Waals surface area contributed by atoms with Crippen LogP contribution in [0, 0.1) is 0 Å². The largest absolute Gasteiger partial charge is 0.485 e. The molecule has 0 saturated heterocycles. The van der Waals surface area contributed by atoms with Gasteiger partial charge in [-0.05, 0) is 36.4 Å². The number of hydrogen-bond donors (Lipinski definition) is 2. The molecule has 2 aromatic carbocycles. The van der Waals surface area contributed by atoms with Crippen LogP contribution in [0.4, 0.5) is 29.3 Å². The highest BCUT2D eigenvalue weighted by molar-refractivity contribution is 7.93. The van der Waals surface area contributed by atoms with E-state index >= 15 is 0 Å². The van der Waals surface area contributed by atoms with E-state index in [-0.39, 0.29) is 17.1 Å². The van der Waals surface area contributed by atoms with Crippen LogP contribution in [-0.4, -0.2) is 52.7 Å². The highest BCUT2D eigenvalue weighted by Crippen LogP contribution is 2.40. The molecule has 0 aliphatic carbocycles. The molecule has 1 unspecified atom stereocenters. The van der Waals surface area contributed by atoms with Crippen molar-refractivity contribution >= 4 is 37.3 Å². The Morgan fingerprint density at radius 2 is 1.88 bits per heavy atom. The number of sulfone groups is 1. The van der Waals surface area contributed by atoms with Gasteiger partial charge in [-0.15, -0.1) is 0 Å². The summed E-state index contributed by atoms with van der Waals surface area (Å²) in [6.07, 6.45) is -6.43. The van der Waals surface area contributed by atoms with Gasteiger partial charge in [0.1, 0.15) is 11.9 Å². The van der Waals surface area contributed by atoms with Gasteiger partial charge in [0.15, 0.2) is 9.84 Å². The zero-order valence-electron chi connectivity index (χ0n) is 16.3. The summed E-state index contributed by atoms with van der Waals surface area (Å²) in [5, 5.41) is 10.9. The van der Waals surface area contributed by atoms with Gasteiger partial charge in [0, 0.05) is 11.9 Å². The Morgan fingerprint density at radius 3 is 2.47 bits per heavy atom. The summed E-state index contributed by atoms with van der Waals surface area (Å²) in [5.41, 5.74) is -1.36. The van der Waals surface area contributed by atoms with Gasteiger partial charge in [0.05, 0.1) is 28.4 Å². The van der Waals surface area contributed by atoms with Crippen molar-refractivity contribution in [3.63, 3.8) is 0 Å². The Kier molecular flexibility index (Phi) is 6.04. The number of anilines is 2. The molecule has 1 heterocycles. The summed E-state index contributed by atoms with van der Waals surface area (Å²) in [6.45, 7) is -0.519. The summed E-state index contributed by atoms with van der Waals surface area (Å²) in [5.74, 6) is -0.618. The van der Waals surface area contributed by atoms with Crippen LogP contribution >= 0.6 is 0 Å². The predicted molar refractivity (Wildman–Crippen MR) is 108 cm³/mol. The Labute approximate surface area is 181 Å². The van der Waals surface area contributed by atoms with E-state index in [4.69, 9.17) is 9.84 Å². The fourth-order valence-corrected chi connectivity index (χ4v) is 5.52. The lowest BCUT2D eigenvalue weighted by molar-refractivity contribution is -0.137. The number of rotatable bonds is 5. The van der Waals surface area contributed by atoms with Crippen LogP contribution in [0.2, 0.25) is 0 Å². The molecule has 2 aromatic rings. The number of hydrogen-bond acceptors (Lipinski definition) is 6. The van der Waals surface area contributed by atoms with Gasteiger partial charge in [-0.25, -0.2) is 21.6 Å². The van der Waals surface area contributed by atoms with Crippen LogP contribution in [0.25, 0.3) is 0 Å². The Bertz CT molecular complexity index is 1260. The minimum Gasteiger partial charge on any atom is -0.485 e. The number of amides is 1. The number of nitrogens with zero attached hydrogens (tertiary/aromatic N) is 1. The van der Waals surface area contributed by atoms with E-state index in [1.807, 2.05) is 5.32 Å². The second kappa shape index (κ2) is 8.16. The van der Waals surface area contributed by atoms with Crippen molar-refractivity contribution in [2.45, 2.75) is 17.2 Å². The van der Waals surface area contributed by atoms with Crippen molar-refractivity contribution in [3.05, 3.63) is 48.0 Å². The molecule has 1 aliphatic heterocycles. The van der Waals surface area contributed by atoms with Gasteiger partial charge < -0.3 is 9.84 Å². The van der Waals surface area contributed by atoms with Crippen LogP contribution in [0.3, 0.4) is 0 Å². The molecule has 0 spiro atoms. The Balaban J connectivity index is 2.13. The number of sulfonamides is 1. The van der Waals surface area contributed by atoms with Crippen LogP contribution in [0.5, 0.6) is 5.75 Å². The van der Waals surface area contributed by atoms with Gasteiger partial charge >= 0.3 is 12.3 Å². The maximum absolute atomic E-state index is 13.3. The molecule has 1 aliphatic rings. The maximum Gasteiger partial charge on any atom is 0.416 e. The summed E-state index contributed by atoms with van der Waals surface area (Å²) >= 11 is 0. The van der Waals surface area contributed by atoms with E-state index in [0.29, 0.717) is 16.4 Å². The number of ether oxygens (including phenoxy) is 1. The molecule has 0 bridgehead atoms. The molecule has 1 amide bonds. The zero-order valence-corrected chi connectivity index (χ0v) is 18.0. The minimum atomic E-state index is -4.79. The van der Waals surface area contributed by atoms with E-state index in [0.717, 1.165) is 24.5 Å². The lowest BCUT2D eigenvalue weighted by Crippen LogP contribution is -2.46. The van der Waals surface area contributed by atoms with E-state index in [2.05, 4.69) is 0 Å². The smallest absolute Gasteiger partial charge is 0.416 e. The summed E-state index contributed by atoms with van der Waals surface area (Å²) in [6, 6.07) is 6.74. The highest BCUT2D eigenvalue weighted by Gasteiger charge is 2.38. The van der Waals surface area contributed by atoms with Crippen LogP contribution in [0.1, 0.15) is 5.56 Å². The first-order chi connectivity index (χ1) is 14.7. The summed E-state index contributed by atoms with van der Waals surface area (Å²) < 4.78 is 95.6. The topological polar surface area (TPSA) is 130 Å². The number of fused-ring (bicyclic) bond motifs is 1. The number of nitrogens with one attached hydrogen (secondary N) is 1. The lowest BCUT2D eigenvalue weighted by Gasteiger charge is -2.35. The van der Waals surface area contributed by atoms with Crippen molar-refractivity contribution in [2.75, 3.05) is 28.2 Å². The number of alkyl halides is 3. The lowest BCUT2D eigenvalue weighted by atomic mass is 10.2. The average Bonchev–Trinajstić information content (AvgIpc) is 2.65. The second-order valence-electron chi connectivity index (χ2n) is 7.01. The molecule has 2 N–H and O–H groups in total. The second-order valence-corrected chi connectivity index (χ2v) is 11.1. The molecule has 9 nitrogen and oxygen atoms in total. The van der Waals surface area contributed by atoms with Crippen LogP contribution < -0.4 is 14.4 Å². The number of halogens is 3. The molecule has 0 aromatic heterocycles. The Hall–Kier alpha value is -3.00. The third-order valence-electron chi connectivity index (χ3n) is 4.38. The molecular weight excluding hydrogens is 477 g/mol. The molecule has 32 heavy (non-hydrogen) atoms. The normalized spacial score (nSPS) is 16.8. The maximum atomic E-state index is 13.3. The first kappa shape index (κ1) is 23.7. The van der Waals surface area contributed by atoms with Crippen LogP contribution in [-0.2, 0) is 26.0 Å². The molecule has 14 heteroatoms. The SMILES string of the molecule is CS(=O)(=O)CC1CN(S(=O)(=O)c2cccc(C(F)(F)F)c2)c2cc(NC(=O)O)ccc2O1. The van der Waals surface area contributed by atoms with Crippen molar-refractivity contribution in [2.24, 2.45) is 0 Å². The molecule has 0 saturated carbocycles. The third kappa shape index (κ3) is 5.24. The number of carboxylic acid groups (broad SMARTS) is 1. The van der Waals surface area contributed by atoms with Gasteiger partial charge in [-0.2, -0.15) is 13.2 Å². The predicted octanol–water partition coefficient (Wildman–Crippen LogP) is 2.80. The molecule has 0 radical (unpaired) electrons. The van der Waals surface area contributed by atoms with Gasteiger partial charge in [-0.1, -0.05) is 6.07 Å². The van der Waals surface area contributed by atoms with Crippen LogP contribution in [0.15, 0.2) is 47.4 Å². The first-order valence-corrected chi connectivity index (χ1v) is 12.4. The first-order valence-electron chi connectivity index (χ1n) is 8.85. The molecule has 0 fully saturated rings. The average molecular weight is 494 g/mol. The zero-order chi connectivity index (χ0) is 23.9. The van der Waals surface area contributed by atoms with E-state index in [9.17, 15) is 34.8 Å². The third-order valence-corrected chi connectivity index (χ3v) is 7.13. The summed E-state index contributed by atoms with van der Waals surface area (Å²) in [7, 11) is -8.20. The Morgan fingerprint density at radius 1 is 1.19 bits per heavy atom. The fraction of sp³-hybridized carbons (Fsp3) is 0.278. The molecule has 1 atom stereocenters. The number of carbonyl (C=O) groups is 1.